The summed E-state index contributed by atoms with van der Waals surface area (Å²) in [5, 5.41) is 8.03. The van der Waals surface area contributed by atoms with Gasteiger partial charge in [0, 0.05) is 31.0 Å². The molecule has 0 fully saturated rings. The molecule has 1 aromatic carbocycles. The van der Waals surface area contributed by atoms with Crippen molar-refractivity contribution in [1.29, 1.82) is 0 Å². The summed E-state index contributed by atoms with van der Waals surface area (Å²) in [6.07, 6.45) is 5.38. The molecule has 3 heteroatoms. The first-order valence-corrected chi connectivity index (χ1v) is 7.07. The molecule has 1 heterocycles. The lowest BCUT2D eigenvalue weighted by molar-refractivity contribution is 0.746. The molecule has 0 bridgehead atoms. The van der Waals surface area contributed by atoms with Crippen LogP contribution in [0.5, 0.6) is 0 Å². The van der Waals surface area contributed by atoms with E-state index in [0.717, 1.165) is 19.4 Å². The van der Waals surface area contributed by atoms with Crippen LogP contribution in [0.1, 0.15) is 37.1 Å². The van der Waals surface area contributed by atoms with Gasteiger partial charge in [-0.25, -0.2) is 0 Å². The Bertz CT molecular complexity index is 529. The molecule has 1 N–H and O–H groups in total. The van der Waals surface area contributed by atoms with Crippen molar-refractivity contribution in [3.63, 3.8) is 0 Å². The Balaban J connectivity index is 2.09. The van der Waals surface area contributed by atoms with Crippen LogP contribution in [0.3, 0.4) is 0 Å². The molecule has 0 spiro atoms. The van der Waals surface area contributed by atoms with Gasteiger partial charge in [-0.3, -0.25) is 4.68 Å². The second kappa shape index (κ2) is 6.41. The molecule has 0 unspecified atom stereocenters. The second-order valence-electron chi connectivity index (χ2n) is 4.89. The fraction of sp³-hybridized carbons (Fsp3) is 0.438. The van der Waals surface area contributed by atoms with E-state index in [-0.39, 0.29) is 0 Å². The zero-order valence-electron chi connectivity index (χ0n) is 12.1. The predicted octanol–water partition coefficient (Wildman–Crippen LogP) is 3.55. The Labute approximate surface area is 115 Å². The quantitative estimate of drug-likeness (QED) is 0.857. The third-order valence-electron chi connectivity index (χ3n) is 3.33. The lowest BCUT2D eigenvalue weighted by Crippen LogP contribution is -2.03. The summed E-state index contributed by atoms with van der Waals surface area (Å²) >= 11 is 0. The Morgan fingerprint density at radius 3 is 2.68 bits per heavy atom. The van der Waals surface area contributed by atoms with Gasteiger partial charge in [0.2, 0.25) is 0 Å². The van der Waals surface area contributed by atoms with E-state index >= 15 is 0 Å². The molecule has 0 aliphatic carbocycles. The van der Waals surface area contributed by atoms with Crippen molar-refractivity contribution in [3.05, 3.63) is 47.3 Å². The summed E-state index contributed by atoms with van der Waals surface area (Å²) in [7, 11) is 1.98. The molecule has 2 rings (SSSR count). The largest absolute Gasteiger partial charge is 0.381 e. The fourth-order valence-electron chi connectivity index (χ4n) is 2.40. The maximum Gasteiger partial charge on any atom is 0.0671 e. The van der Waals surface area contributed by atoms with Gasteiger partial charge in [-0.1, -0.05) is 38.5 Å². The van der Waals surface area contributed by atoms with Crippen LogP contribution in [0.15, 0.2) is 30.5 Å². The first kappa shape index (κ1) is 13.7. The van der Waals surface area contributed by atoms with E-state index in [4.69, 9.17) is 0 Å². The van der Waals surface area contributed by atoms with Crippen molar-refractivity contribution in [1.82, 2.24) is 9.78 Å². The Hall–Kier alpha value is -1.77. The third-order valence-corrected chi connectivity index (χ3v) is 3.33. The summed E-state index contributed by atoms with van der Waals surface area (Å²) in [6.45, 7) is 5.21. The maximum atomic E-state index is 4.48. The predicted molar refractivity (Wildman–Crippen MR) is 80.3 cm³/mol. The van der Waals surface area contributed by atoms with Crippen LogP contribution in [-0.2, 0) is 26.4 Å². The fourth-order valence-corrected chi connectivity index (χ4v) is 2.40. The zero-order chi connectivity index (χ0) is 13.7. The van der Waals surface area contributed by atoms with Crippen LogP contribution in [-0.4, -0.2) is 9.78 Å². The maximum absolute atomic E-state index is 4.48. The molecule has 19 heavy (non-hydrogen) atoms. The van der Waals surface area contributed by atoms with Crippen molar-refractivity contribution in [2.45, 2.75) is 39.7 Å². The van der Waals surface area contributed by atoms with Crippen LogP contribution in [0.2, 0.25) is 0 Å². The number of anilines is 1. The van der Waals surface area contributed by atoms with Gasteiger partial charge in [0.15, 0.2) is 0 Å². The molecule has 0 saturated carbocycles. The number of nitrogens with one attached hydrogen (secondary N) is 1. The number of nitrogens with zero attached hydrogens (tertiary/aromatic N) is 2. The number of aryl methyl sites for hydroxylation is 3. The third kappa shape index (κ3) is 3.37. The highest BCUT2D eigenvalue weighted by atomic mass is 15.3. The number of benzene rings is 1. The molecule has 0 amide bonds. The van der Waals surface area contributed by atoms with Crippen LogP contribution >= 0.6 is 0 Å². The molecular formula is C16H23N3. The number of aromatic nitrogens is 2. The molecule has 0 aliphatic rings. The van der Waals surface area contributed by atoms with Crippen molar-refractivity contribution >= 4 is 5.69 Å². The van der Waals surface area contributed by atoms with Gasteiger partial charge in [0.1, 0.15) is 0 Å². The minimum absolute atomic E-state index is 0.845. The average Bonchev–Trinajstić information content (AvgIpc) is 2.78. The van der Waals surface area contributed by atoms with Crippen LogP contribution < -0.4 is 5.32 Å². The first-order valence-electron chi connectivity index (χ1n) is 7.07. The van der Waals surface area contributed by atoms with Gasteiger partial charge in [0.25, 0.3) is 0 Å². The minimum atomic E-state index is 0.845. The number of hydrogen-bond donors (Lipinski definition) is 1. The van der Waals surface area contributed by atoms with Crippen molar-refractivity contribution in [2.75, 3.05) is 5.32 Å². The van der Waals surface area contributed by atoms with E-state index in [2.05, 4.69) is 54.7 Å². The summed E-state index contributed by atoms with van der Waals surface area (Å²) in [5.74, 6) is 0. The van der Waals surface area contributed by atoms with Crippen molar-refractivity contribution < 1.29 is 0 Å². The summed E-state index contributed by atoms with van der Waals surface area (Å²) in [4.78, 5) is 0. The van der Waals surface area contributed by atoms with E-state index in [0.29, 0.717) is 0 Å². The molecule has 102 valence electrons. The molecule has 0 atom stereocenters. The van der Waals surface area contributed by atoms with E-state index in [1.54, 1.807) is 0 Å². The molecular weight excluding hydrogens is 234 g/mol. The lowest BCUT2D eigenvalue weighted by atomic mass is 10.1. The normalized spacial score (nSPS) is 10.7. The Kier molecular flexibility index (Phi) is 4.61. The van der Waals surface area contributed by atoms with Crippen LogP contribution in [0.4, 0.5) is 5.69 Å². The average molecular weight is 257 g/mol. The van der Waals surface area contributed by atoms with Crippen LogP contribution in [0.25, 0.3) is 0 Å². The summed E-state index contributed by atoms with van der Waals surface area (Å²) in [6, 6.07) is 8.56. The number of rotatable bonds is 6. The second-order valence-corrected chi connectivity index (χ2v) is 4.89. The van der Waals surface area contributed by atoms with E-state index in [1.165, 1.54) is 28.9 Å². The van der Waals surface area contributed by atoms with Gasteiger partial charge in [-0.15, -0.1) is 0 Å². The Morgan fingerprint density at radius 2 is 1.95 bits per heavy atom. The van der Waals surface area contributed by atoms with E-state index < -0.39 is 0 Å². The summed E-state index contributed by atoms with van der Waals surface area (Å²) < 4.78 is 1.90. The summed E-state index contributed by atoms with van der Waals surface area (Å²) in [5.41, 5.74) is 5.11. The smallest absolute Gasteiger partial charge is 0.0671 e. The van der Waals surface area contributed by atoms with Gasteiger partial charge in [0.05, 0.1) is 5.69 Å². The molecule has 3 nitrogen and oxygen atoms in total. The highest BCUT2D eigenvalue weighted by Gasteiger charge is 2.06. The zero-order valence-corrected chi connectivity index (χ0v) is 12.1. The number of hydrogen-bond acceptors (Lipinski definition) is 2. The standard InChI is InChI=1S/C16H23N3/c1-4-8-13-9-6-7-10-16(13)17-11-14-12-19(3)18-15(14)5-2/h6-7,9-10,12,17H,4-5,8,11H2,1-3H3. The molecule has 1 aromatic heterocycles. The monoisotopic (exact) mass is 257 g/mol. The lowest BCUT2D eigenvalue weighted by Gasteiger charge is -2.11. The van der Waals surface area contributed by atoms with E-state index in [9.17, 15) is 0 Å². The van der Waals surface area contributed by atoms with Gasteiger partial charge >= 0.3 is 0 Å². The van der Waals surface area contributed by atoms with Gasteiger partial charge in [-0.05, 0) is 24.5 Å². The molecule has 2 aromatic rings. The highest BCUT2D eigenvalue weighted by Crippen LogP contribution is 2.18. The minimum Gasteiger partial charge on any atom is -0.381 e. The molecule has 0 radical (unpaired) electrons. The van der Waals surface area contributed by atoms with Crippen LogP contribution in [0, 0.1) is 0 Å². The van der Waals surface area contributed by atoms with Crippen molar-refractivity contribution in [3.8, 4) is 0 Å². The highest BCUT2D eigenvalue weighted by molar-refractivity contribution is 5.51. The van der Waals surface area contributed by atoms with Crippen molar-refractivity contribution in [2.24, 2.45) is 7.05 Å². The Morgan fingerprint density at radius 1 is 1.16 bits per heavy atom. The topological polar surface area (TPSA) is 29.9 Å². The SMILES string of the molecule is CCCc1ccccc1NCc1cn(C)nc1CC. The molecule has 0 aliphatic heterocycles. The van der Waals surface area contributed by atoms with Gasteiger partial charge in [-0.2, -0.15) is 5.10 Å². The molecule has 0 saturated heterocycles. The first-order chi connectivity index (χ1) is 9.24. The number of para-hydroxylation sites is 1. The van der Waals surface area contributed by atoms with Gasteiger partial charge < -0.3 is 5.32 Å². The van der Waals surface area contributed by atoms with E-state index in [1.807, 2.05) is 11.7 Å².